The zero-order valence-electron chi connectivity index (χ0n) is 13.3. The molecule has 0 saturated heterocycles. The lowest BCUT2D eigenvalue weighted by atomic mass is 9.82. The number of ether oxygens (including phenoxy) is 2. The van der Waals surface area contributed by atoms with E-state index in [4.69, 9.17) is 9.47 Å². The van der Waals surface area contributed by atoms with Gasteiger partial charge in [0.1, 0.15) is 0 Å². The van der Waals surface area contributed by atoms with Crippen LogP contribution >= 0.6 is 0 Å². The van der Waals surface area contributed by atoms with E-state index in [1.165, 1.54) is 0 Å². The first-order chi connectivity index (χ1) is 8.00. The zero-order chi connectivity index (χ0) is 14.6. The molecule has 2 atom stereocenters. The van der Waals surface area contributed by atoms with Crippen molar-refractivity contribution >= 4 is 5.97 Å². The van der Waals surface area contributed by atoms with Crippen molar-refractivity contribution in [2.75, 3.05) is 6.61 Å². The van der Waals surface area contributed by atoms with Gasteiger partial charge in [-0.2, -0.15) is 0 Å². The van der Waals surface area contributed by atoms with Crippen molar-refractivity contribution < 1.29 is 14.3 Å². The Labute approximate surface area is 112 Å². The van der Waals surface area contributed by atoms with E-state index < -0.39 is 6.29 Å². The summed E-state index contributed by atoms with van der Waals surface area (Å²) in [6.45, 7) is 16.7. The van der Waals surface area contributed by atoms with Crippen LogP contribution in [0.5, 0.6) is 0 Å². The molecule has 3 heteroatoms. The Bertz CT molecular complexity index is 258. The highest BCUT2D eigenvalue weighted by Gasteiger charge is 2.34. The molecule has 0 aliphatic rings. The van der Waals surface area contributed by atoms with E-state index in [-0.39, 0.29) is 22.7 Å². The smallest absolute Gasteiger partial charge is 0.311 e. The van der Waals surface area contributed by atoms with Crippen molar-refractivity contribution in [2.24, 2.45) is 16.7 Å². The monoisotopic (exact) mass is 258 g/mol. The van der Waals surface area contributed by atoms with E-state index >= 15 is 0 Å². The average molecular weight is 258 g/mol. The minimum absolute atomic E-state index is 0.0930. The van der Waals surface area contributed by atoms with Crippen molar-refractivity contribution in [2.45, 2.75) is 68.1 Å². The van der Waals surface area contributed by atoms with Gasteiger partial charge in [-0.3, -0.25) is 4.79 Å². The molecule has 0 bridgehead atoms. The van der Waals surface area contributed by atoms with Crippen molar-refractivity contribution in [3.05, 3.63) is 0 Å². The highest BCUT2D eigenvalue weighted by atomic mass is 16.7. The SMILES string of the molecule is CCCOC(OC(=O)C(C)C(C)(C)C)C(C)(C)C. The Hall–Kier alpha value is -0.570. The molecule has 0 fully saturated rings. The Morgan fingerprint density at radius 3 is 1.89 bits per heavy atom. The van der Waals surface area contributed by atoms with Crippen LogP contribution in [0.15, 0.2) is 0 Å². The van der Waals surface area contributed by atoms with Gasteiger partial charge in [0.25, 0.3) is 0 Å². The van der Waals surface area contributed by atoms with Crippen molar-refractivity contribution in [1.82, 2.24) is 0 Å². The van der Waals surface area contributed by atoms with Gasteiger partial charge in [0.15, 0.2) is 0 Å². The minimum atomic E-state index is -0.477. The second-order valence-electron chi connectivity index (χ2n) is 7.09. The summed E-state index contributed by atoms with van der Waals surface area (Å²) in [4.78, 5) is 12.1. The lowest BCUT2D eigenvalue weighted by Gasteiger charge is -2.33. The van der Waals surface area contributed by atoms with Crippen LogP contribution in [-0.4, -0.2) is 18.9 Å². The second-order valence-corrected chi connectivity index (χ2v) is 7.09. The third-order valence-electron chi connectivity index (χ3n) is 3.06. The Kier molecular flexibility index (Phi) is 6.35. The Morgan fingerprint density at radius 1 is 1.06 bits per heavy atom. The average Bonchev–Trinajstić information content (AvgIpc) is 2.19. The summed E-state index contributed by atoms with van der Waals surface area (Å²) in [5.41, 5.74) is -0.299. The van der Waals surface area contributed by atoms with Gasteiger partial charge in [-0.05, 0) is 11.8 Å². The number of esters is 1. The minimum Gasteiger partial charge on any atom is -0.435 e. The molecule has 0 saturated carbocycles. The molecule has 0 spiro atoms. The molecule has 18 heavy (non-hydrogen) atoms. The van der Waals surface area contributed by atoms with E-state index in [0.29, 0.717) is 6.61 Å². The maximum Gasteiger partial charge on any atom is 0.311 e. The summed E-state index contributed by atoms with van der Waals surface area (Å²) in [5, 5.41) is 0. The fraction of sp³-hybridized carbons (Fsp3) is 0.933. The topological polar surface area (TPSA) is 35.5 Å². The van der Waals surface area contributed by atoms with Crippen molar-refractivity contribution in [3.63, 3.8) is 0 Å². The molecule has 0 rings (SSSR count). The molecule has 2 unspecified atom stereocenters. The highest BCUT2D eigenvalue weighted by molar-refractivity contribution is 5.73. The van der Waals surface area contributed by atoms with Gasteiger partial charge in [0.2, 0.25) is 6.29 Å². The Balaban J connectivity index is 4.64. The molecule has 108 valence electrons. The number of hydrogen-bond acceptors (Lipinski definition) is 3. The van der Waals surface area contributed by atoms with Crippen LogP contribution in [0.1, 0.15) is 61.8 Å². The molecule has 0 aliphatic heterocycles. The van der Waals surface area contributed by atoms with Crippen LogP contribution in [0.4, 0.5) is 0 Å². The van der Waals surface area contributed by atoms with E-state index in [0.717, 1.165) is 6.42 Å². The molecule has 0 amide bonds. The first-order valence-electron chi connectivity index (χ1n) is 6.82. The first kappa shape index (κ1) is 17.4. The third kappa shape index (κ3) is 5.85. The normalized spacial score (nSPS) is 16.2. The van der Waals surface area contributed by atoms with E-state index in [1.807, 2.05) is 55.4 Å². The van der Waals surface area contributed by atoms with Gasteiger partial charge in [-0.25, -0.2) is 0 Å². The number of hydrogen-bond donors (Lipinski definition) is 0. The molecule has 0 aromatic rings. The Morgan fingerprint density at radius 2 is 1.56 bits per heavy atom. The summed E-state index contributed by atoms with van der Waals surface area (Å²) in [6, 6.07) is 0. The van der Waals surface area contributed by atoms with Crippen LogP contribution in [0.2, 0.25) is 0 Å². The zero-order valence-corrected chi connectivity index (χ0v) is 13.3. The second kappa shape index (κ2) is 6.55. The van der Waals surface area contributed by atoms with Gasteiger partial charge < -0.3 is 9.47 Å². The van der Waals surface area contributed by atoms with Gasteiger partial charge >= 0.3 is 5.97 Å². The molecule has 0 aliphatic carbocycles. The first-order valence-corrected chi connectivity index (χ1v) is 6.82. The molecule has 0 heterocycles. The van der Waals surface area contributed by atoms with E-state index in [2.05, 4.69) is 0 Å². The summed E-state index contributed by atoms with van der Waals surface area (Å²) < 4.78 is 11.2. The van der Waals surface area contributed by atoms with Crippen LogP contribution in [0, 0.1) is 16.7 Å². The molecular weight excluding hydrogens is 228 g/mol. The lowest BCUT2D eigenvalue weighted by Crippen LogP contribution is -2.38. The molecule has 0 radical (unpaired) electrons. The molecule has 0 N–H and O–H groups in total. The predicted molar refractivity (Wildman–Crippen MR) is 74.2 cm³/mol. The van der Waals surface area contributed by atoms with Gasteiger partial charge in [-0.15, -0.1) is 0 Å². The number of rotatable bonds is 5. The number of carbonyl (C=O) groups is 1. The quantitative estimate of drug-likeness (QED) is 0.552. The maximum absolute atomic E-state index is 12.1. The van der Waals surface area contributed by atoms with Gasteiger partial charge in [0.05, 0.1) is 12.5 Å². The van der Waals surface area contributed by atoms with Crippen LogP contribution in [-0.2, 0) is 14.3 Å². The summed E-state index contributed by atoms with van der Waals surface area (Å²) in [5.74, 6) is -0.328. The van der Waals surface area contributed by atoms with E-state index in [9.17, 15) is 4.79 Å². The predicted octanol–water partition coefficient (Wildman–Crippen LogP) is 4.01. The summed E-state index contributed by atoms with van der Waals surface area (Å²) in [6.07, 6.45) is 0.439. The van der Waals surface area contributed by atoms with Crippen LogP contribution in [0.25, 0.3) is 0 Å². The third-order valence-corrected chi connectivity index (χ3v) is 3.06. The summed E-state index contributed by atoms with van der Waals surface area (Å²) >= 11 is 0. The fourth-order valence-corrected chi connectivity index (χ4v) is 1.25. The van der Waals surface area contributed by atoms with Crippen molar-refractivity contribution in [1.29, 1.82) is 0 Å². The van der Waals surface area contributed by atoms with Crippen molar-refractivity contribution in [3.8, 4) is 0 Å². The molecule has 0 aromatic carbocycles. The molecular formula is C15H30O3. The standard InChI is InChI=1S/C15H30O3/c1-9-10-17-13(15(6,7)8)18-12(16)11(2)14(3,4)5/h11,13H,9-10H2,1-8H3. The summed E-state index contributed by atoms with van der Waals surface area (Å²) in [7, 11) is 0. The molecule has 0 aromatic heterocycles. The molecule has 3 nitrogen and oxygen atoms in total. The highest BCUT2D eigenvalue weighted by Crippen LogP contribution is 2.30. The van der Waals surface area contributed by atoms with Crippen LogP contribution in [0.3, 0.4) is 0 Å². The largest absolute Gasteiger partial charge is 0.435 e. The lowest BCUT2D eigenvalue weighted by molar-refractivity contribution is -0.209. The van der Waals surface area contributed by atoms with E-state index in [1.54, 1.807) is 0 Å². The number of carbonyl (C=O) groups excluding carboxylic acids is 1. The van der Waals surface area contributed by atoms with Gasteiger partial charge in [-0.1, -0.05) is 55.4 Å². The fourth-order valence-electron chi connectivity index (χ4n) is 1.25. The van der Waals surface area contributed by atoms with Gasteiger partial charge in [0, 0.05) is 5.41 Å². The maximum atomic E-state index is 12.1. The van der Waals surface area contributed by atoms with Crippen LogP contribution < -0.4 is 0 Å².